The van der Waals surface area contributed by atoms with E-state index in [2.05, 4.69) is 5.32 Å². The summed E-state index contributed by atoms with van der Waals surface area (Å²) in [5.41, 5.74) is 0.241. The maximum Gasteiger partial charge on any atom is 0.329 e. The van der Waals surface area contributed by atoms with Crippen molar-refractivity contribution in [3.63, 3.8) is 0 Å². The molecule has 1 atom stereocenters. The highest BCUT2D eigenvalue weighted by molar-refractivity contribution is 6.21. The SMILES string of the molecule is COc1cc(N2C(=O)NC(CCC(=O)O)C2=O)cc(OC)c1OC. The lowest BCUT2D eigenvalue weighted by Crippen LogP contribution is -2.31. The summed E-state index contributed by atoms with van der Waals surface area (Å²) in [5, 5.41) is 11.2. The third-order valence-corrected chi connectivity index (χ3v) is 3.57. The van der Waals surface area contributed by atoms with E-state index in [1.165, 1.54) is 33.5 Å². The largest absolute Gasteiger partial charge is 0.493 e. The normalized spacial score (nSPS) is 16.8. The van der Waals surface area contributed by atoms with Crippen LogP contribution in [0.3, 0.4) is 0 Å². The van der Waals surface area contributed by atoms with E-state index in [0.29, 0.717) is 17.2 Å². The van der Waals surface area contributed by atoms with Gasteiger partial charge in [-0.05, 0) is 6.42 Å². The van der Waals surface area contributed by atoms with Crippen molar-refractivity contribution in [2.75, 3.05) is 26.2 Å². The van der Waals surface area contributed by atoms with Crippen LogP contribution in [0.15, 0.2) is 12.1 Å². The number of urea groups is 1. The number of hydrogen-bond donors (Lipinski definition) is 2. The number of carbonyl (C=O) groups is 3. The van der Waals surface area contributed by atoms with E-state index in [1.807, 2.05) is 0 Å². The molecule has 9 nitrogen and oxygen atoms in total. The molecule has 0 saturated carbocycles. The van der Waals surface area contributed by atoms with Gasteiger partial charge >= 0.3 is 12.0 Å². The topological polar surface area (TPSA) is 114 Å². The number of anilines is 1. The van der Waals surface area contributed by atoms with E-state index in [-0.39, 0.29) is 18.5 Å². The van der Waals surface area contributed by atoms with Gasteiger partial charge in [-0.25, -0.2) is 9.69 Å². The summed E-state index contributed by atoms with van der Waals surface area (Å²) in [6.45, 7) is 0. The second-order valence-electron chi connectivity index (χ2n) is 4.99. The molecule has 2 rings (SSSR count). The minimum absolute atomic E-state index is 0.0147. The first-order chi connectivity index (χ1) is 11.4. The van der Waals surface area contributed by atoms with Gasteiger partial charge in [-0.2, -0.15) is 0 Å². The Kier molecular flexibility index (Phi) is 5.12. The standard InChI is InChI=1S/C15H18N2O7/c1-22-10-6-8(7-11(23-2)13(10)24-3)17-14(20)9(16-15(17)21)4-5-12(18)19/h6-7,9H,4-5H2,1-3H3,(H,16,21)(H,18,19). The van der Waals surface area contributed by atoms with Crippen LogP contribution in [-0.4, -0.2) is 50.4 Å². The number of nitrogens with zero attached hydrogens (tertiary/aromatic N) is 1. The number of amides is 3. The van der Waals surface area contributed by atoms with Crippen LogP contribution in [0.5, 0.6) is 17.2 Å². The Morgan fingerprint density at radius 1 is 1.17 bits per heavy atom. The molecule has 1 aliphatic rings. The molecule has 2 N–H and O–H groups in total. The molecule has 1 aromatic carbocycles. The molecular weight excluding hydrogens is 320 g/mol. The lowest BCUT2D eigenvalue weighted by atomic mass is 10.1. The Balaban J connectivity index is 2.35. The van der Waals surface area contributed by atoms with Crippen LogP contribution in [0, 0.1) is 0 Å². The van der Waals surface area contributed by atoms with E-state index in [9.17, 15) is 14.4 Å². The van der Waals surface area contributed by atoms with Crippen LogP contribution in [-0.2, 0) is 9.59 Å². The number of ether oxygens (including phenoxy) is 3. The third kappa shape index (κ3) is 3.19. The number of carboxylic acid groups (broad SMARTS) is 1. The average Bonchev–Trinajstić information content (AvgIpc) is 2.85. The Labute approximate surface area is 138 Å². The van der Waals surface area contributed by atoms with Gasteiger partial charge < -0.3 is 24.6 Å². The maximum atomic E-state index is 12.4. The first-order valence-corrected chi connectivity index (χ1v) is 7.09. The van der Waals surface area contributed by atoms with E-state index in [1.54, 1.807) is 0 Å². The van der Waals surface area contributed by atoms with Crippen molar-refractivity contribution >= 4 is 23.6 Å². The summed E-state index contributed by atoms with van der Waals surface area (Å²) in [5.74, 6) is -0.653. The molecule has 130 valence electrons. The molecule has 9 heteroatoms. The van der Waals surface area contributed by atoms with Gasteiger partial charge in [-0.3, -0.25) is 9.59 Å². The maximum absolute atomic E-state index is 12.4. The second-order valence-corrected chi connectivity index (χ2v) is 4.99. The molecule has 24 heavy (non-hydrogen) atoms. The first kappa shape index (κ1) is 17.4. The number of nitrogens with one attached hydrogen (secondary N) is 1. The second kappa shape index (κ2) is 7.07. The fourth-order valence-corrected chi connectivity index (χ4v) is 2.44. The summed E-state index contributed by atoms with van der Waals surface area (Å²) in [7, 11) is 4.28. The lowest BCUT2D eigenvalue weighted by molar-refractivity contribution is -0.137. The highest BCUT2D eigenvalue weighted by Crippen LogP contribution is 2.41. The van der Waals surface area contributed by atoms with Gasteiger partial charge in [0.15, 0.2) is 11.5 Å². The van der Waals surface area contributed by atoms with Crippen molar-refractivity contribution in [3.05, 3.63) is 12.1 Å². The van der Waals surface area contributed by atoms with Crippen LogP contribution >= 0.6 is 0 Å². The van der Waals surface area contributed by atoms with Crippen LogP contribution in [0.2, 0.25) is 0 Å². The fourth-order valence-electron chi connectivity index (χ4n) is 2.44. The molecule has 0 bridgehead atoms. The number of carbonyl (C=O) groups excluding carboxylic acids is 2. The third-order valence-electron chi connectivity index (χ3n) is 3.57. The molecule has 0 aromatic heterocycles. The van der Waals surface area contributed by atoms with Crippen molar-refractivity contribution in [1.29, 1.82) is 0 Å². The number of aliphatic carboxylic acids is 1. The molecule has 3 amide bonds. The van der Waals surface area contributed by atoms with E-state index in [4.69, 9.17) is 19.3 Å². The Morgan fingerprint density at radius 3 is 2.21 bits per heavy atom. The average molecular weight is 338 g/mol. The molecular formula is C15H18N2O7. The van der Waals surface area contributed by atoms with Crippen molar-refractivity contribution in [2.45, 2.75) is 18.9 Å². The summed E-state index contributed by atoms with van der Waals surface area (Å²) in [6.07, 6.45) is -0.208. The monoisotopic (exact) mass is 338 g/mol. The van der Waals surface area contributed by atoms with Crippen LogP contribution in [0.25, 0.3) is 0 Å². The number of rotatable bonds is 7. The van der Waals surface area contributed by atoms with Gasteiger partial charge in [0, 0.05) is 18.6 Å². The zero-order valence-electron chi connectivity index (χ0n) is 13.5. The van der Waals surface area contributed by atoms with Gasteiger partial charge in [0.05, 0.1) is 27.0 Å². The highest BCUT2D eigenvalue weighted by Gasteiger charge is 2.39. The van der Waals surface area contributed by atoms with Crippen LogP contribution in [0.1, 0.15) is 12.8 Å². The molecule has 1 saturated heterocycles. The smallest absolute Gasteiger partial charge is 0.329 e. The molecule has 0 spiro atoms. The number of imide groups is 1. The van der Waals surface area contributed by atoms with Gasteiger partial charge in [0.25, 0.3) is 5.91 Å². The molecule has 1 heterocycles. The molecule has 1 aromatic rings. The number of carboxylic acids is 1. The van der Waals surface area contributed by atoms with Gasteiger partial charge in [-0.1, -0.05) is 0 Å². The minimum atomic E-state index is -1.04. The molecule has 1 aliphatic heterocycles. The fraction of sp³-hybridized carbons (Fsp3) is 0.400. The predicted octanol–water partition coefficient (Wildman–Crippen LogP) is 1.00. The summed E-state index contributed by atoms with van der Waals surface area (Å²) in [4.78, 5) is 36.1. The summed E-state index contributed by atoms with van der Waals surface area (Å²) in [6, 6.07) is 1.42. The van der Waals surface area contributed by atoms with Gasteiger partial charge in [-0.15, -0.1) is 0 Å². The van der Waals surface area contributed by atoms with Crippen molar-refractivity contribution < 1.29 is 33.7 Å². The number of hydrogen-bond acceptors (Lipinski definition) is 6. The van der Waals surface area contributed by atoms with Crippen LogP contribution in [0.4, 0.5) is 10.5 Å². The molecule has 1 fully saturated rings. The van der Waals surface area contributed by atoms with Crippen molar-refractivity contribution in [2.24, 2.45) is 0 Å². The van der Waals surface area contributed by atoms with E-state index >= 15 is 0 Å². The zero-order valence-corrected chi connectivity index (χ0v) is 13.5. The van der Waals surface area contributed by atoms with Crippen LogP contribution < -0.4 is 24.4 Å². The zero-order chi connectivity index (χ0) is 17.9. The minimum Gasteiger partial charge on any atom is -0.493 e. The Hall–Kier alpha value is -2.97. The number of benzene rings is 1. The molecule has 0 aliphatic carbocycles. The Morgan fingerprint density at radius 2 is 1.75 bits per heavy atom. The highest BCUT2D eigenvalue weighted by atomic mass is 16.5. The van der Waals surface area contributed by atoms with Crippen molar-refractivity contribution in [3.8, 4) is 17.2 Å². The number of methoxy groups -OCH3 is 3. The predicted molar refractivity (Wildman–Crippen MR) is 82.8 cm³/mol. The van der Waals surface area contributed by atoms with E-state index < -0.39 is 23.9 Å². The summed E-state index contributed by atoms with van der Waals surface area (Å²) < 4.78 is 15.6. The molecule has 1 unspecified atom stereocenters. The lowest BCUT2D eigenvalue weighted by Gasteiger charge is -2.18. The first-order valence-electron chi connectivity index (χ1n) is 7.09. The van der Waals surface area contributed by atoms with Gasteiger partial charge in [0.1, 0.15) is 6.04 Å². The van der Waals surface area contributed by atoms with Gasteiger partial charge in [0.2, 0.25) is 5.75 Å². The summed E-state index contributed by atoms with van der Waals surface area (Å²) >= 11 is 0. The van der Waals surface area contributed by atoms with Crippen molar-refractivity contribution in [1.82, 2.24) is 5.32 Å². The quantitative estimate of drug-likeness (QED) is 0.713. The Bertz CT molecular complexity index is 649. The molecule has 0 radical (unpaired) electrons. The van der Waals surface area contributed by atoms with E-state index in [0.717, 1.165) is 4.90 Å².